The van der Waals surface area contributed by atoms with Crippen LogP contribution in [0.1, 0.15) is 21.7 Å². The zero-order chi connectivity index (χ0) is 22.3. The van der Waals surface area contributed by atoms with Crippen molar-refractivity contribution < 1.29 is 39.9 Å². The zero-order valence-electron chi connectivity index (χ0n) is 14.4. The van der Waals surface area contributed by atoms with Crippen molar-refractivity contribution in [2.75, 3.05) is 5.32 Å². The third-order valence-corrected chi connectivity index (χ3v) is 3.84. The third-order valence-electron chi connectivity index (χ3n) is 3.84. The summed E-state index contributed by atoms with van der Waals surface area (Å²) in [6.07, 6.45) is -10.2. The topological polar surface area (TPSA) is 46.9 Å². The molecular formula is C18H9F8N3O. The molecule has 0 radical (unpaired) electrons. The number of aromatic nitrogens is 2. The lowest BCUT2D eigenvalue weighted by Crippen LogP contribution is -2.15. The van der Waals surface area contributed by atoms with Crippen molar-refractivity contribution in [3.05, 3.63) is 77.1 Å². The molecule has 0 bridgehead atoms. The number of alkyl halides is 6. The van der Waals surface area contributed by atoms with Crippen molar-refractivity contribution in [3.8, 4) is 5.69 Å². The molecule has 12 heteroatoms. The van der Waals surface area contributed by atoms with Gasteiger partial charge in [0.05, 0.1) is 11.3 Å². The van der Waals surface area contributed by atoms with Crippen molar-refractivity contribution in [2.45, 2.75) is 12.4 Å². The van der Waals surface area contributed by atoms with Crippen LogP contribution in [0.25, 0.3) is 5.69 Å². The van der Waals surface area contributed by atoms with Gasteiger partial charge in [-0.2, -0.15) is 31.4 Å². The van der Waals surface area contributed by atoms with Gasteiger partial charge in [-0.05, 0) is 36.4 Å². The lowest BCUT2D eigenvalue weighted by Gasteiger charge is -2.11. The van der Waals surface area contributed by atoms with Crippen LogP contribution in [0.2, 0.25) is 0 Å². The van der Waals surface area contributed by atoms with Crippen LogP contribution in [0, 0.1) is 11.6 Å². The maximum Gasteiger partial charge on any atom is 0.435 e. The number of benzene rings is 2. The molecule has 1 N–H and O–H groups in total. The molecule has 3 aromatic rings. The molecule has 0 aliphatic rings. The van der Waals surface area contributed by atoms with Gasteiger partial charge in [-0.15, -0.1) is 0 Å². The lowest BCUT2D eigenvalue weighted by molar-refractivity contribution is -0.143. The second-order valence-corrected chi connectivity index (χ2v) is 5.95. The number of hydrogen-bond donors (Lipinski definition) is 1. The number of carbonyl (C=O) groups is 1. The molecule has 0 unspecified atom stereocenters. The van der Waals surface area contributed by atoms with Crippen LogP contribution in [0.15, 0.2) is 48.5 Å². The molecule has 2 aromatic carbocycles. The minimum Gasteiger partial charge on any atom is -0.322 e. The molecule has 1 heterocycles. The largest absolute Gasteiger partial charge is 0.435 e. The molecular weight excluding hydrogens is 426 g/mol. The summed E-state index contributed by atoms with van der Waals surface area (Å²) in [5, 5.41) is 5.21. The Kier molecular flexibility index (Phi) is 5.27. The first-order chi connectivity index (χ1) is 13.9. The fourth-order valence-corrected chi connectivity index (χ4v) is 2.48. The number of nitrogens with one attached hydrogen (secondary N) is 1. The van der Waals surface area contributed by atoms with Crippen molar-refractivity contribution >= 4 is 11.6 Å². The Morgan fingerprint density at radius 3 is 2.03 bits per heavy atom. The molecule has 1 aromatic heterocycles. The minimum absolute atomic E-state index is 0.00392. The van der Waals surface area contributed by atoms with Gasteiger partial charge in [-0.25, -0.2) is 13.5 Å². The van der Waals surface area contributed by atoms with Crippen LogP contribution in [0.5, 0.6) is 0 Å². The van der Waals surface area contributed by atoms with Gasteiger partial charge in [0.25, 0.3) is 5.91 Å². The van der Waals surface area contributed by atoms with E-state index in [1.807, 2.05) is 0 Å². The highest BCUT2D eigenvalue weighted by Gasteiger charge is 2.42. The normalized spacial score (nSPS) is 12.1. The summed E-state index contributed by atoms with van der Waals surface area (Å²) in [5.74, 6) is -2.99. The van der Waals surface area contributed by atoms with Gasteiger partial charge in [-0.1, -0.05) is 0 Å². The van der Waals surface area contributed by atoms with E-state index in [2.05, 4.69) is 10.4 Å². The third kappa shape index (κ3) is 4.42. The van der Waals surface area contributed by atoms with E-state index in [9.17, 15) is 39.9 Å². The number of carbonyl (C=O) groups excluding carboxylic acids is 1. The number of amides is 1. The number of rotatable bonds is 3. The summed E-state index contributed by atoms with van der Waals surface area (Å²) < 4.78 is 104. The SMILES string of the molecule is O=C(Nc1ccc(-n2nc(C(F)(F)F)cc2C(F)(F)F)cc1)c1ccc(F)cc1F. The molecule has 0 saturated heterocycles. The van der Waals surface area contributed by atoms with Crippen molar-refractivity contribution in [3.63, 3.8) is 0 Å². The van der Waals surface area contributed by atoms with E-state index >= 15 is 0 Å². The first-order valence-corrected chi connectivity index (χ1v) is 7.97. The van der Waals surface area contributed by atoms with Crippen LogP contribution >= 0.6 is 0 Å². The Morgan fingerprint density at radius 1 is 0.867 bits per heavy atom. The average Bonchev–Trinajstić information content (AvgIpc) is 3.08. The quantitative estimate of drug-likeness (QED) is 0.557. The van der Waals surface area contributed by atoms with Gasteiger partial charge in [0.15, 0.2) is 5.69 Å². The van der Waals surface area contributed by atoms with Crippen molar-refractivity contribution in [1.29, 1.82) is 0 Å². The summed E-state index contributed by atoms with van der Waals surface area (Å²) in [7, 11) is 0. The molecule has 30 heavy (non-hydrogen) atoms. The maximum absolute atomic E-state index is 13.6. The van der Waals surface area contributed by atoms with Gasteiger partial charge in [0, 0.05) is 17.8 Å². The molecule has 3 rings (SSSR count). The summed E-state index contributed by atoms with van der Waals surface area (Å²) in [5.41, 5.74) is -4.20. The second kappa shape index (κ2) is 7.43. The minimum atomic E-state index is -5.11. The fourth-order valence-electron chi connectivity index (χ4n) is 2.48. The van der Waals surface area contributed by atoms with Crippen molar-refractivity contribution in [1.82, 2.24) is 9.78 Å². The van der Waals surface area contributed by atoms with Gasteiger partial charge in [0.1, 0.15) is 17.3 Å². The smallest absolute Gasteiger partial charge is 0.322 e. The maximum atomic E-state index is 13.6. The summed E-state index contributed by atoms with van der Waals surface area (Å²) in [6, 6.07) is 6.27. The predicted octanol–water partition coefficient (Wildman–Crippen LogP) is 5.44. The molecule has 0 fully saturated rings. The molecule has 0 saturated carbocycles. The monoisotopic (exact) mass is 435 g/mol. The van der Waals surface area contributed by atoms with E-state index in [0.29, 0.717) is 6.07 Å². The molecule has 0 spiro atoms. The number of anilines is 1. The Balaban J connectivity index is 1.89. The van der Waals surface area contributed by atoms with Gasteiger partial charge < -0.3 is 5.32 Å². The summed E-state index contributed by atoms with van der Waals surface area (Å²) >= 11 is 0. The Hall–Kier alpha value is -3.44. The Bertz CT molecular complexity index is 1080. The number of hydrogen-bond acceptors (Lipinski definition) is 2. The van der Waals surface area contributed by atoms with Crippen molar-refractivity contribution in [2.24, 2.45) is 0 Å². The molecule has 0 atom stereocenters. The van der Waals surface area contributed by atoms with Gasteiger partial charge >= 0.3 is 12.4 Å². The standard InChI is InChI=1S/C18H9F8N3O/c19-9-1-6-12(13(20)7-9)16(30)27-10-2-4-11(5-3-10)29-15(18(24,25)26)8-14(28-29)17(21,22)23/h1-8H,(H,27,30). The first-order valence-electron chi connectivity index (χ1n) is 7.97. The van der Waals surface area contributed by atoms with E-state index in [4.69, 9.17) is 0 Å². The van der Waals surface area contributed by atoms with E-state index < -0.39 is 46.8 Å². The van der Waals surface area contributed by atoms with E-state index in [-0.39, 0.29) is 22.1 Å². The molecule has 0 aliphatic carbocycles. The summed E-state index contributed by atoms with van der Waals surface area (Å²) in [4.78, 5) is 12.0. The van der Waals surface area contributed by atoms with Crippen LogP contribution < -0.4 is 5.32 Å². The zero-order valence-corrected chi connectivity index (χ0v) is 14.4. The first kappa shape index (κ1) is 21.3. The fraction of sp³-hybridized carbons (Fsp3) is 0.111. The predicted molar refractivity (Wildman–Crippen MR) is 87.9 cm³/mol. The molecule has 4 nitrogen and oxygen atoms in total. The van der Waals surface area contributed by atoms with E-state index in [0.717, 1.165) is 36.4 Å². The number of halogens is 8. The van der Waals surface area contributed by atoms with Crippen LogP contribution in [0.4, 0.5) is 40.8 Å². The molecule has 158 valence electrons. The van der Waals surface area contributed by atoms with Crippen LogP contribution in [0.3, 0.4) is 0 Å². The lowest BCUT2D eigenvalue weighted by atomic mass is 10.2. The Labute approximate surface area is 162 Å². The van der Waals surface area contributed by atoms with Gasteiger partial charge in [-0.3, -0.25) is 4.79 Å². The van der Waals surface area contributed by atoms with E-state index in [1.165, 1.54) is 0 Å². The highest BCUT2D eigenvalue weighted by Crippen LogP contribution is 2.36. The van der Waals surface area contributed by atoms with E-state index in [1.54, 1.807) is 0 Å². The molecule has 1 amide bonds. The highest BCUT2D eigenvalue weighted by molar-refractivity contribution is 6.04. The second-order valence-electron chi connectivity index (χ2n) is 5.95. The highest BCUT2D eigenvalue weighted by atomic mass is 19.4. The van der Waals surface area contributed by atoms with Gasteiger partial charge in [0.2, 0.25) is 0 Å². The molecule has 0 aliphatic heterocycles. The average molecular weight is 435 g/mol. The Morgan fingerprint density at radius 2 is 1.50 bits per heavy atom. The summed E-state index contributed by atoms with van der Waals surface area (Å²) in [6.45, 7) is 0. The van der Waals surface area contributed by atoms with Crippen LogP contribution in [-0.4, -0.2) is 15.7 Å². The number of nitrogens with zero attached hydrogens (tertiary/aromatic N) is 2. The van der Waals surface area contributed by atoms with Crippen LogP contribution in [-0.2, 0) is 12.4 Å².